The molecule has 2 amide bonds. The number of carbonyl (C=O) groups excluding carboxylic acids is 2. The zero-order chi connectivity index (χ0) is 16.2. The number of nitrogens with one attached hydrogen (secondary N) is 1. The molecule has 1 aromatic heterocycles. The molecule has 0 unspecified atom stereocenters. The quantitative estimate of drug-likeness (QED) is 0.930. The summed E-state index contributed by atoms with van der Waals surface area (Å²) in [5.41, 5.74) is 0.268. The van der Waals surface area contributed by atoms with E-state index in [0.29, 0.717) is 18.0 Å². The molecule has 1 saturated heterocycles. The van der Waals surface area contributed by atoms with Crippen LogP contribution in [0.5, 0.6) is 0 Å². The molecule has 0 spiro atoms. The highest BCUT2D eigenvalue weighted by atomic mass is 16.2. The maximum atomic E-state index is 12.2. The summed E-state index contributed by atoms with van der Waals surface area (Å²) >= 11 is 0. The Morgan fingerprint density at radius 3 is 2.55 bits per heavy atom. The normalized spacial score (nSPS) is 16.4. The summed E-state index contributed by atoms with van der Waals surface area (Å²) in [5.74, 6) is 0.566. The predicted octanol–water partition coefficient (Wildman–Crippen LogP) is 2.10. The van der Waals surface area contributed by atoms with E-state index in [4.69, 9.17) is 0 Å². The molecule has 0 saturated carbocycles. The number of nitrogens with zero attached hydrogens (tertiary/aromatic N) is 2. The summed E-state index contributed by atoms with van der Waals surface area (Å²) in [6.07, 6.45) is 5.10. The van der Waals surface area contributed by atoms with E-state index in [9.17, 15) is 9.59 Å². The van der Waals surface area contributed by atoms with Gasteiger partial charge in [-0.3, -0.25) is 14.6 Å². The van der Waals surface area contributed by atoms with Gasteiger partial charge in [0.1, 0.15) is 0 Å². The average Bonchev–Trinajstić information content (AvgIpc) is 2.52. The van der Waals surface area contributed by atoms with Crippen molar-refractivity contribution in [2.24, 2.45) is 11.3 Å². The highest BCUT2D eigenvalue weighted by Gasteiger charge is 2.30. The van der Waals surface area contributed by atoms with E-state index in [1.54, 1.807) is 24.5 Å². The van der Waals surface area contributed by atoms with Crippen molar-refractivity contribution in [3.05, 3.63) is 30.1 Å². The Morgan fingerprint density at radius 2 is 2.00 bits per heavy atom. The molecule has 0 radical (unpaired) electrons. The molecule has 2 rings (SSSR count). The highest BCUT2D eigenvalue weighted by Crippen LogP contribution is 2.23. The Morgan fingerprint density at radius 1 is 1.32 bits per heavy atom. The molecular weight excluding hydrogens is 278 g/mol. The fourth-order valence-corrected chi connectivity index (χ4v) is 2.65. The Bertz CT molecular complexity index is 514. The van der Waals surface area contributed by atoms with Crippen molar-refractivity contribution in [1.29, 1.82) is 0 Å². The van der Waals surface area contributed by atoms with Crippen molar-refractivity contribution < 1.29 is 9.59 Å². The molecule has 0 bridgehead atoms. The Labute approximate surface area is 132 Å². The molecule has 1 N–H and O–H groups in total. The van der Waals surface area contributed by atoms with Gasteiger partial charge in [0.15, 0.2) is 0 Å². The first-order chi connectivity index (χ1) is 10.4. The van der Waals surface area contributed by atoms with Crippen LogP contribution in [0.1, 0.15) is 44.0 Å². The van der Waals surface area contributed by atoms with Crippen molar-refractivity contribution in [3.8, 4) is 0 Å². The molecular formula is C17H25N3O2. The van der Waals surface area contributed by atoms with Gasteiger partial charge in [0.25, 0.3) is 5.91 Å². The minimum Gasteiger partial charge on any atom is -0.352 e. The third-order valence-corrected chi connectivity index (χ3v) is 4.02. The lowest BCUT2D eigenvalue weighted by atomic mass is 9.91. The number of carbonyl (C=O) groups is 2. The van der Waals surface area contributed by atoms with Crippen LogP contribution in [0.25, 0.3) is 0 Å². The summed E-state index contributed by atoms with van der Waals surface area (Å²) in [7, 11) is 0. The zero-order valence-corrected chi connectivity index (χ0v) is 13.6. The molecule has 120 valence electrons. The molecule has 1 aliphatic heterocycles. The summed E-state index contributed by atoms with van der Waals surface area (Å²) < 4.78 is 0. The van der Waals surface area contributed by atoms with Crippen molar-refractivity contribution in [2.45, 2.75) is 33.6 Å². The fourth-order valence-electron chi connectivity index (χ4n) is 2.65. The van der Waals surface area contributed by atoms with Crippen molar-refractivity contribution >= 4 is 11.8 Å². The minimum atomic E-state index is -0.318. The van der Waals surface area contributed by atoms with E-state index in [1.807, 2.05) is 25.7 Å². The largest absolute Gasteiger partial charge is 0.352 e. The van der Waals surface area contributed by atoms with Crippen LogP contribution < -0.4 is 5.32 Å². The van der Waals surface area contributed by atoms with Crippen LogP contribution in [0, 0.1) is 11.3 Å². The number of likely N-dealkylation sites (tertiary alicyclic amines) is 1. The summed E-state index contributed by atoms with van der Waals surface area (Å²) in [6.45, 7) is 8.08. The monoisotopic (exact) mass is 303 g/mol. The zero-order valence-electron chi connectivity index (χ0n) is 13.6. The van der Waals surface area contributed by atoms with Gasteiger partial charge in [-0.2, -0.15) is 0 Å². The van der Waals surface area contributed by atoms with Crippen LogP contribution in [0.3, 0.4) is 0 Å². The number of hydrogen-bond acceptors (Lipinski definition) is 3. The van der Waals surface area contributed by atoms with Gasteiger partial charge < -0.3 is 10.2 Å². The summed E-state index contributed by atoms with van der Waals surface area (Å²) in [4.78, 5) is 30.1. The lowest BCUT2D eigenvalue weighted by molar-refractivity contribution is -0.140. The van der Waals surface area contributed by atoms with Gasteiger partial charge in [-0.1, -0.05) is 20.8 Å². The predicted molar refractivity (Wildman–Crippen MR) is 85.3 cm³/mol. The standard InChI is InChI=1S/C17H25N3O2/c1-17(2,3)16(22)20-9-6-13(7-10-20)11-19-15(21)14-5-4-8-18-12-14/h4-5,8,12-13H,6-7,9-11H2,1-3H3,(H,19,21). The number of piperidine rings is 1. The molecule has 5 nitrogen and oxygen atoms in total. The number of hydrogen-bond donors (Lipinski definition) is 1. The molecule has 1 aromatic rings. The molecule has 0 aliphatic carbocycles. The van der Waals surface area contributed by atoms with Crippen LogP contribution in [0.15, 0.2) is 24.5 Å². The lowest BCUT2D eigenvalue weighted by Crippen LogP contribution is -2.45. The number of pyridine rings is 1. The second-order valence-corrected chi connectivity index (χ2v) is 6.94. The molecule has 1 aliphatic rings. The fraction of sp³-hybridized carbons (Fsp3) is 0.588. The molecule has 5 heteroatoms. The van der Waals surface area contributed by atoms with Gasteiger partial charge in [-0.15, -0.1) is 0 Å². The minimum absolute atomic E-state index is 0.0821. The van der Waals surface area contributed by atoms with Crippen LogP contribution in [-0.4, -0.2) is 41.3 Å². The SMILES string of the molecule is CC(C)(C)C(=O)N1CCC(CNC(=O)c2cccnc2)CC1. The summed E-state index contributed by atoms with van der Waals surface area (Å²) in [5, 5.41) is 2.96. The van der Waals surface area contributed by atoms with Gasteiger partial charge in [0.2, 0.25) is 5.91 Å². The first kappa shape index (κ1) is 16.5. The third-order valence-electron chi connectivity index (χ3n) is 4.02. The van der Waals surface area contributed by atoms with Crippen molar-refractivity contribution in [1.82, 2.24) is 15.2 Å². The lowest BCUT2D eigenvalue weighted by Gasteiger charge is -2.35. The second-order valence-electron chi connectivity index (χ2n) is 6.94. The first-order valence-corrected chi connectivity index (χ1v) is 7.85. The van der Waals surface area contributed by atoms with Gasteiger partial charge in [0.05, 0.1) is 5.56 Å². The third kappa shape index (κ3) is 4.29. The maximum Gasteiger partial charge on any atom is 0.252 e. The second kappa shape index (κ2) is 6.90. The van der Waals surface area contributed by atoms with E-state index >= 15 is 0 Å². The highest BCUT2D eigenvalue weighted by molar-refractivity contribution is 5.93. The van der Waals surface area contributed by atoms with Gasteiger partial charge >= 0.3 is 0 Å². The topological polar surface area (TPSA) is 62.3 Å². The van der Waals surface area contributed by atoms with E-state index in [-0.39, 0.29) is 17.2 Å². The van der Waals surface area contributed by atoms with Crippen LogP contribution in [0.4, 0.5) is 0 Å². The van der Waals surface area contributed by atoms with Crippen LogP contribution in [-0.2, 0) is 4.79 Å². The van der Waals surface area contributed by atoms with Crippen molar-refractivity contribution in [3.63, 3.8) is 0 Å². The van der Waals surface area contributed by atoms with E-state index in [1.165, 1.54) is 0 Å². The van der Waals surface area contributed by atoms with E-state index in [2.05, 4.69) is 10.3 Å². The molecule has 22 heavy (non-hydrogen) atoms. The average molecular weight is 303 g/mol. The Kier molecular flexibility index (Phi) is 5.16. The summed E-state index contributed by atoms with van der Waals surface area (Å²) in [6, 6.07) is 3.51. The number of amides is 2. The number of rotatable bonds is 3. The molecule has 1 fully saturated rings. The Balaban J connectivity index is 1.76. The van der Waals surface area contributed by atoms with Gasteiger partial charge in [-0.05, 0) is 30.9 Å². The van der Waals surface area contributed by atoms with Crippen LogP contribution in [0.2, 0.25) is 0 Å². The Hall–Kier alpha value is -1.91. The molecule has 0 atom stereocenters. The van der Waals surface area contributed by atoms with Gasteiger partial charge in [0, 0.05) is 37.4 Å². The van der Waals surface area contributed by atoms with Crippen molar-refractivity contribution in [2.75, 3.05) is 19.6 Å². The number of aromatic nitrogens is 1. The first-order valence-electron chi connectivity index (χ1n) is 7.85. The smallest absolute Gasteiger partial charge is 0.252 e. The molecule has 0 aromatic carbocycles. The van der Waals surface area contributed by atoms with Crippen LogP contribution >= 0.6 is 0 Å². The van der Waals surface area contributed by atoms with Gasteiger partial charge in [-0.25, -0.2) is 0 Å². The molecule has 2 heterocycles. The maximum absolute atomic E-state index is 12.2. The van der Waals surface area contributed by atoms with E-state index in [0.717, 1.165) is 25.9 Å². The van der Waals surface area contributed by atoms with E-state index < -0.39 is 0 Å².